The van der Waals surface area contributed by atoms with Gasteiger partial charge in [0.25, 0.3) is 0 Å². The van der Waals surface area contributed by atoms with Crippen molar-refractivity contribution in [1.82, 2.24) is 19.3 Å². The Morgan fingerprint density at radius 1 is 1.24 bits per heavy atom. The summed E-state index contributed by atoms with van der Waals surface area (Å²) in [5.74, 6) is 0.858. The molecule has 3 rings (SSSR count). The van der Waals surface area contributed by atoms with E-state index >= 15 is 0 Å². The van der Waals surface area contributed by atoms with Crippen molar-refractivity contribution in [3.8, 4) is 5.82 Å². The molecule has 5 heteroatoms. The summed E-state index contributed by atoms with van der Waals surface area (Å²) < 4.78 is 3.74. The number of nitrogens with zero attached hydrogens (tertiary/aromatic N) is 4. The van der Waals surface area contributed by atoms with Crippen LogP contribution in [0.4, 0.5) is 5.69 Å². The predicted molar refractivity (Wildman–Crippen MR) is 67.0 cm³/mol. The van der Waals surface area contributed by atoms with Gasteiger partial charge in [0.1, 0.15) is 6.33 Å². The number of aryl methyl sites for hydroxylation is 2. The Balaban J connectivity index is 2.35. The third-order valence-electron chi connectivity index (χ3n) is 2.92. The number of nitrogen functional groups attached to an aromatic ring is 1. The van der Waals surface area contributed by atoms with E-state index in [1.165, 1.54) is 0 Å². The number of rotatable bonds is 1. The van der Waals surface area contributed by atoms with Gasteiger partial charge in [-0.15, -0.1) is 0 Å². The molecule has 0 radical (unpaired) electrons. The molecule has 0 unspecified atom stereocenters. The van der Waals surface area contributed by atoms with E-state index in [0.717, 1.165) is 22.5 Å². The van der Waals surface area contributed by atoms with Gasteiger partial charge in [0, 0.05) is 7.05 Å². The highest BCUT2D eigenvalue weighted by Crippen LogP contribution is 2.24. The maximum absolute atomic E-state index is 6.05. The molecule has 0 aliphatic carbocycles. The molecule has 0 aliphatic heterocycles. The highest BCUT2D eigenvalue weighted by atomic mass is 15.3. The maximum Gasteiger partial charge on any atom is 0.160 e. The van der Waals surface area contributed by atoms with Crippen molar-refractivity contribution in [1.29, 1.82) is 0 Å². The monoisotopic (exact) mass is 227 g/mol. The van der Waals surface area contributed by atoms with E-state index < -0.39 is 0 Å². The SMILES string of the molecule is Cc1nn(C)c(-n2cnc3ccccc32)c1N. The van der Waals surface area contributed by atoms with Crippen LogP contribution in [0.2, 0.25) is 0 Å². The fourth-order valence-corrected chi connectivity index (χ4v) is 2.08. The second kappa shape index (κ2) is 3.35. The molecule has 3 aromatic rings. The number of fused-ring (bicyclic) bond motifs is 1. The zero-order chi connectivity index (χ0) is 12.0. The first kappa shape index (κ1) is 9.89. The minimum Gasteiger partial charge on any atom is -0.394 e. The van der Waals surface area contributed by atoms with Crippen molar-refractivity contribution >= 4 is 16.7 Å². The van der Waals surface area contributed by atoms with Crippen LogP contribution in [-0.4, -0.2) is 19.3 Å². The van der Waals surface area contributed by atoms with Crippen LogP contribution in [0.1, 0.15) is 5.69 Å². The molecule has 0 aliphatic rings. The number of aromatic nitrogens is 4. The molecule has 0 amide bonds. The molecule has 17 heavy (non-hydrogen) atoms. The summed E-state index contributed by atoms with van der Waals surface area (Å²) in [4.78, 5) is 4.35. The Hall–Kier alpha value is -2.30. The van der Waals surface area contributed by atoms with Gasteiger partial charge in [0.05, 0.1) is 22.4 Å². The molecule has 86 valence electrons. The fraction of sp³-hybridized carbons (Fsp3) is 0.167. The molecule has 0 fully saturated rings. The summed E-state index contributed by atoms with van der Waals surface area (Å²) in [6, 6.07) is 7.95. The molecule has 0 atom stereocenters. The van der Waals surface area contributed by atoms with E-state index in [1.807, 2.05) is 42.8 Å². The molecule has 5 nitrogen and oxygen atoms in total. The molecular formula is C12H13N5. The van der Waals surface area contributed by atoms with Crippen molar-refractivity contribution in [3.63, 3.8) is 0 Å². The first-order valence-corrected chi connectivity index (χ1v) is 5.40. The van der Waals surface area contributed by atoms with Crippen LogP contribution < -0.4 is 5.73 Å². The van der Waals surface area contributed by atoms with E-state index in [2.05, 4.69) is 10.1 Å². The molecule has 1 aromatic carbocycles. The highest BCUT2D eigenvalue weighted by Gasteiger charge is 2.14. The third-order valence-corrected chi connectivity index (χ3v) is 2.92. The maximum atomic E-state index is 6.05. The first-order chi connectivity index (χ1) is 8.18. The topological polar surface area (TPSA) is 61.7 Å². The number of anilines is 1. The lowest BCUT2D eigenvalue weighted by Gasteiger charge is -2.05. The van der Waals surface area contributed by atoms with E-state index in [9.17, 15) is 0 Å². The van der Waals surface area contributed by atoms with Gasteiger partial charge < -0.3 is 5.73 Å². The number of imidazole rings is 1. The molecule has 0 saturated carbocycles. The molecule has 2 N–H and O–H groups in total. The summed E-state index contributed by atoms with van der Waals surface area (Å²) in [6.45, 7) is 1.90. The van der Waals surface area contributed by atoms with Crippen molar-refractivity contribution in [3.05, 3.63) is 36.3 Å². The van der Waals surface area contributed by atoms with Crippen LogP contribution in [0, 0.1) is 6.92 Å². The molecule has 2 heterocycles. The Kier molecular flexibility index (Phi) is 1.95. The quantitative estimate of drug-likeness (QED) is 0.687. The van der Waals surface area contributed by atoms with Crippen LogP contribution in [0.3, 0.4) is 0 Å². The Morgan fingerprint density at radius 2 is 2.00 bits per heavy atom. The predicted octanol–water partition coefficient (Wildman–Crippen LogP) is 1.65. The lowest BCUT2D eigenvalue weighted by molar-refractivity contribution is 0.727. The van der Waals surface area contributed by atoms with E-state index in [1.54, 1.807) is 11.0 Å². The number of para-hydroxylation sites is 2. The summed E-state index contributed by atoms with van der Waals surface area (Å²) in [5, 5.41) is 4.32. The van der Waals surface area contributed by atoms with Gasteiger partial charge in [0.15, 0.2) is 5.82 Å². The highest BCUT2D eigenvalue weighted by molar-refractivity contribution is 5.78. The average Bonchev–Trinajstić information content (AvgIpc) is 2.82. The number of nitrogens with two attached hydrogens (primary N) is 1. The van der Waals surface area contributed by atoms with E-state index in [0.29, 0.717) is 5.69 Å². The van der Waals surface area contributed by atoms with Gasteiger partial charge in [-0.2, -0.15) is 5.10 Å². The zero-order valence-electron chi connectivity index (χ0n) is 9.75. The minimum atomic E-state index is 0.690. The third kappa shape index (κ3) is 1.32. The van der Waals surface area contributed by atoms with Gasteiger partial charge >= 0.3 is 0 Å². The molecule has 0 bridgehead atoms. The Morgan fingerprint density at radius 3 is 2.71 bits per heavy atom. The molecule has 0 spiro atoms. The fourth-order valence-electron chi connectivity index (χ4n) is 2.08. The first-order valence-electron chi connectivity index (χ1n) is 5.40. The lowest BCUT2D eigenvalue weighted by Crippen LogP contribution is -2.03. The van der Waals surface area contributed by atoms with Crippen LogP contribution in [0.15, 0.2) is 30.6 Å². The second-order valence-corrected chi connectivity index (χ2v) is 4.05. The van der Waals surface area contributed by atoms with Gasteiger partial charge in [0.2, 0.25) is 0 Å². The van der Waals surface area contributed by atoms with E-state index in [-0.39, 0.29) is 0 Å². The van der Waals surface area contributed by atoms with Gasteiger partial charge in [-0.25, -0.2) is 9.67 Å². The summed E-state index contributed by atoms with van der Waals surface area (Å²) >= 11 is 0. The Bertz CT molecular complexity index is 692. The minimum absolute atomic E-state index is 0.690. The van der Waals surface area contributed by atoms with Gasteiger partial charge in [-0.1, -0.05) is 12.1 Å². The van der Waals surface area contributed by atoms with Crippen LogP contribution >= 0.6 is 0 Å². The van der Waals surface area contributed by atoms with Crippen molar-refractivity contribution in [2.24, 2.45) is 7.05 Å². The van der Waals surface area contributed by atoms with Gasteiger partial charge in [-0.05, 0) is 19.1 Å². The van der Waals surface area contributed by atoms with Crippen LogP contribution in [0.25, 0.3) is 16.9 Å². The normalized spacial score (nSPS) is 11.2. The van der Waals surface area contributed by atoms with Gasteiger partial charge in [-0.3, -0.25) is 4.57 Å². The van der Waals surface area contributed by atoms with Crippen molar-refractivity contribution < 1.29 is 0 Å². The number of benzene rings is 1. The second-order valence-electron chi connectivity index (χ2n) is 4.05. The van der Waals surface area contributed by atoms with Crippen LogP contribution in [0.5, 0.6) is 0 Å². The summed E-state index contributed by atoms with van der Waals surface area (Å²) in [6.07, 6.45) is 1.78. The molecule has 2 aromatic heterocycles. The van der Waals surface area contributed by atoms with Crippen molar-refractivity contribution in [2.75, 3.05) is 5.73 Å². The van der Waals surface area contributed by atoms with E-state index in [4.69, 9.17) is 5.73 Å². The summed E-state index contributed by atoms with van der Waals surface area (Å²) in [5.41, 5.74) is 9.56. The standard InChI is InChI=1S/C12H13N5/c1-8-11(13)12(16(2)15-8)17-7-14-9-5-3-4-6-10(9)17/h3-7H,13H2,1-2H3. The number of hydrogen-bond acceptors (Lipinski definition) is 3. The average molecular weight is 227 g/mol. The summed E-state index contributed by atoms with van der Waals surface area (Å²) in [7, 11) is 1.88. The lowest BCUT2D eigenvalue weighted by atomic mass is 10.3. The number of hydrogen-bond donors (Lipinski definition) is 1. The largest absolute Gasteiger partial charge is 0.394 e. The Labute approximate surface area is 98.5 Å². The smallest absolute Gasteiger partial charge is 0.160 e. The molecular weight excluding hydrogens is 214 g/mol. The molecule has 0 saturated heterocycles. The zero-order valence-corrected chi connectivity index (χ0v) is 9.75. The van der Waals surface area contributed by atoms with Crippen molar-refractivity contribution in [2.45, 2.75) is 6.92 Å². The van der Waals surface area contributed by atoms with Crippen LogP contribution in [-0.2, 0) is 7.05 Å².